The van der Waals surface area contributed by atoms with Gasteiger partial charge in [-0.15, -0.1) is 0 Å². The lowest BCUT2D eigenvalue weighted by molar-refractivity contribution is 0.479. The van der Waals surface area contributed by atoms with Crippen LogP contribution in [0.2, 0.25) is 0 Å². The van der Waals surface area contributed by atoms with E-state index in [0.717, 1.165) is 22.3 Å². The molecule has 0 atom stereocenters. The van der Waals surface area contributed by atoms with Crippen molar-refractivity contribution < 1.29 is 0 Å². The molecule has 0 saturated carbocycles. The first-order chi connectivity index (χ1) is 8.56. The summed E-state index contributed by atoms with van der Waals surface area (Å²) in [6, 6.07) is 7.88. The first-order valence-corrected chi connectivity index (χ1v) is 6.64. The van der Waals surface area contributed by atoms with Crippen molar-refractivity contribution in [2.45, 2.75) is 26.9 Å². The van der Waals surface area contributed by atoms with Crippen molar-refractivity contribution in [2.75, 3.05) is 5.73 Å². The molecule has 0 amide bonds. The highest BCUT2D eigenvalue weighted by atomic mass is 79.9. The molecule has 18 heavy (non-hydrogen) atoms. The number of nitrogens with two attached hydrogens (primary N) is 1. The molecule has 5 heteroatoms. The van der Waals surface area contributed by atoms with Gasteiger partial charge in [-0.1, -0.05) is 34.1 Å². The average molecular weight is 310 g/mol. The Morgan fingerprint density at radius 1 is 1.28 bits per heavy atom. The number of aromatic nitrogens is 2. The summed E-state index contributed by atoms with van der Waals surface area (Å²) in [5.74, 6) is 0. The van der Waals surface area contributed by atoms with Gasteiger partial charge in [-0.25, -0.2) is 4.68 Å². The fourth-order valence-electron chi connectivity index (χ4n) is 2.08. The minimum absolute atomic E-state index is 0.120. The standard InChI is InChI=1S/C13H16BrN3O/c1-3-16-9(2)12(15)13(18)17(16)8-10-6-4-5-7-11(10)14/h4-7H,3,8,15H2,1-2H3. The zero-order valence-corrected chi connectivity index (χ0v) is 12.1. The predicted molar refractivity (Wildman–Crippen MR) is 76.8 cm³/mol. The lowest BCUT2D eigenvalue weighted by atomic mass is 10.2. The van der Waals surface area contributed by atoms with Crippen LogP contribution in [0.4, 0.5) is 5.69 Å². The summed E-state index contributed by atoms with van der Waals surface area (Å²) in [7, 11) is 0. The maximum Gasteiger partial charge on any atom is 0.290 e. The summed E-state index contributed by atoms with van der Waals surface area (Å²) >= 11 is 3.49. The second-order valence-electron chi connectivity index (χ2n) is 4.17. The smallest absolute Gasteiger partial charge is 0.290 e. The van der Waals surface area contributed by atoms with Gasteiger partial charge in [0, 0.05) is 11.0 Å². The van der Waals surface area contributed by atoms with Crippen molar-refractivity contribution >= 4 is 21.6 Å². The second-order valence-corrected chi connectivity index (χ2v) is 5.02. The summed E-state index contributed by atoms with van der Waals surface area (Å²) in [6.45, 7) is 5.12. The van der Waals surface area contributed by atoms with Crippen LogP contribution < -0.4 is 11.3 Å². The maximum absolute atomic E-state index is 12.1. The maximum atomic E-state index is 12.1. The minimum Gasteiger partial charge on any atom is -0.393 e. The molecule has 0 spiro atoms. The van der Waals surface area contributed by atoms with Gasteiger partial charge in [-0.2, -0.15) is 0 Å². The molecule has 0 radical (unpaired) electrons. The third kappa shape index (κ3) is 2.10. The van der Waals surface area contributed by atoms with E-state index >= 15 is 0 Å². The van der Waals surface area contributed by atoms with Crippen LogP contribution in [0.25, 0.3) is 0 Å². The Labute approximate surface area is 114 Å². The quantitative estimate of drug-likeness (QED) is 0.946. The topological polar surface area (TPSA) is 52.9 Å². The van der Waals surface area contributed by atoms with Crippen LogP contribution in [0.3, 0.4) is 0 Å². The van der Waals surface area contributed by atoms with Crippen molar-refractivity contribution in [3.05, 3.63) is 50.3 Å². The highest BCUT2D eigenvalue weighted by Gasteiger charge is 2.13. The van der Waals surface area contributed by atoms with Gasteiger partial charge in [-0.05, 0) is 25.5 Å². The number of halogens is 1. The van der Waals surface area contributed by atoms with Crippen molar-refractivity contribution in [1.29, 1.82) is 0 Å². The number of hydrogen-bond donors (Lipinski definition) is 1. The number of anilines is 1. The van der Waals surface area contributed by atoms with Gasteiger partial charge in [0.2, 0.25) is 0 Å². The number of benzene rings is 1. The molecule has 1 aromatic heterocycles. The highest BCUT2D eigenvalue weighted by Crippen LogP contribution is 2.17. The van der Waals surface area contributed by atoms with E-state index in [4.69, 9.17) is 5.73 Å². The molecule has 0 bridgehead atoms. The molecule has 0 unspecified atom stereocenters. The van der Waals surface area contributed by atoms with E-state index in [1.807, 2.05) is 42.8 Å². The lowest BCUT2D eigenvalue weighted by Gasteiger charge is -2.12. The van der Waals surface area contributed by atoms with Gasteiger partial charge in [0.05, 0.1) is 12.2 Å². The number of nitrogens with zero attached hydrogens (tertiary/aromatic N) is 2. The third-order valence-corrected chi connectivity index (χ3v) is 3.88. The summed E-state index contributed by atoms with van der Waals surface area (Å²) in [4.78, 5) is 12.1. The van der Waals surface area contributed by atoms with E-state index in [9.17, 15) is 4.79 Å². The first kappa shape index (κ1) is 13.0. The monoisotopic (exact) mass is 309 g/mol. The number of nitrogen functional groups attached to an aromatic ring is 1. The van der Waals surface area contributed by atoms with E-state index < -0.39 is 0 Å². The normalized spacial score (nSPS) is 10.8. The van der Waals surface area contributed by atoms with Crippen molar-refractivity contribution in [1.82, 2.24) is 9.36 Å². The molecule has 0 aliphatic heterocycles. The first-order valence-electron chi connectivity index (χ1n) is 5.85. The van der Waals surface area contributed by atoms with Gasteiger partial charge in [0.25, 0.3) is 5.56 Å². The molecule has 2 rings (SSSR count). The molecule has 1 heterocycles. The Morgan fingerprint density at radius 3 is 2.56 bits per heavy atom. The minimum atomic E-state index is -0.120. The van der Waals surface area contributed by atoms with Gasteiger partial charge < -0.3 is 5.73 Å². The molecule has 4 nitrogen and oxygen atoms in total. The fraction of sp³-hybridized carbons (Fsp3) is 0.308. The van der Waals surface area contributed by atoms with Crippen LogP contribution in [0.1, 0.15) is 18.2 Å². The Morgan fingerprint density at radius 2 is 1.94 bits per heavy atom. The average Bonchev–Trinajstić information content (AvgIpc) is 2.57. The largest absolute Gasteiger partial charge is 0.393 e. The predicted octanol–water partition coefficient (Wildman–Crippen LogP) is 2.37. The van der Waals surface area contributed by atoms with Gasteiger partial charge in [-0.3, -0.25) is 9.48 Å². The van der Waals surface area contributed by atoms with E-state index in [1.54, 1.807) is 4.68 Å². The molecular weight excluding hydrogens is 294 g/mol. The Balaban J connectivity index is 2.50. The molecule has 0 saturated heterocycles. The molecule has 2 aromatic rings. The van der Waals surface area contributed by atoms with Crippen LogP contribution in [0.15, 0.2) is 33.5 Å². The molecule has 96 valence electrons. The van der Waals surface area contributed by atoms with Crippen molar-refractivity contribution in [3.8, 4) is 0 Å². The van der Waals surface area contributed by atoms with E-state index in [2.05, 4.69) is 15.9 Å². The number of rotatable bonds is 3. The van der Waals surface area contributed by atoms with Crippen LogP contribution in [0, 0.1) is 6.92 Å². The zero-order valence-electron chi connectivity index (χ0n) is 10.5. The Kier molecular flexibility index (Phi) is 3.61. The molecule has 2 N–H and O–H groups in total. The Bertz CT molecular complexity index is 628. The molecule has 0 fully saturated rings. The van der Waals surface area contributed by atoms with Crippen LogP contribution in [0.5, 0.6) is 0 Å². The third-order valence-electron chi connectivity index (χ3n) is 3.11. The molecule has 1 aromatic carbocycles. The van der Waals surface area contributed by atoms with E-state index in [-0.39, 0.29) is 5.56 Å². The SMILES string of the molecule is CCn1c(C)c(N)c(=O)n1Cc1ccccc1Br. The summed E-state index contributed by atoms with van der Waals surface area (Å²) in [5, 5.41) is 0. The molecule has 0 aliphatic rings. The van der Waals surface area contributed by atoms with Crippen LogP contribution in [-0.4, -0.2) is 9.36 Å². The van der Waals surface area contributed by atoms with Gasteiger partial charge in [0.1, 0.15) is 5.69 Å². The van der Waals surface area contributed by atoms with E-state index in [0.29, 0.717) is 12.2 Å². The van der Waals surface area contributed by atoms with Crippen LogP contribution in [-0.2, 0) is 13.1 Å². The summed E-state index contributed by atoms with van der Waals surface area (Å²) < 4.78 is 4.60. The zero-order chi connectivity index (χ0) is 13.3. The highest BCUT2D eigenvalue weighted by molar-refractivity contribution is 9.10. The van der Waals surface area contributed by atoms with Crippen LogP contribution >= 0.6 is 15.9 Å². The van der Waals surface area contributed by atoms with E-state index in [1.165, 1.54) is 0 Å². The number of hydrogen-bond acceptors (Lipinski definition) is 2. The van der Waals surface area contributed by atoms with Gasteiger partial charge in [0.15, 0.2) is 0 Å². The fourth-order valence-corrected chi connectivity index (χ4v) is 2.49. The summed E-state index contributed by atoms with van der Waals surface area (Å²) in [5.41, 5.74) is 7.91. The lowest BCUT2D eigenvalue weighted by Crippen LogP contribution is -2.24. The molecule has 0 aliphatic carbocycles. The summed E-state index contributed by atoms with van der Waals surface area (Å²) in [6.07, 6.45) is 0. The second kappa shape index (κ2) is 5.02. The van der Waals surface area contributed by atoms with Gasteiger partial charge >= 0.3 is 0 Å². The molecular formula is C13H16BrN3O. The Hall–Kier alpha value is -1.49. The van der Waals surface area contributed by atoms with Crippen molar-refractivity contribution in [3.63, 3.8) is 0 Å². The van der Waals surface area contributed by atoms with Crippen molar-refractivity contribution in [2.24, 2.45) is 0 Å².